The van der Waals surface area contributed by atoms with Gasteiger partial charge in [0.25, 0.3) is 11.8 Å². The van der Waals surface area contributed by atoms with Crippen LogP contribution in [0.4, 0.5) is 26.3 Å². The van der Waals surface area contributed by atoms with Gasteiger partial charge in [-0.1, -0.05) is 11.6 Å². The smallest absolute Gasteiger partial charge is 0.367 e. The van der Waals surface area contributed by atoms with Gasteiger partial charge in [0.1, 0.15) is 11.7 Å². The molecule has 2 unspecified atom stereocenters. The van der Waals surface area contributed by atoms with Crippen LogP contribution >= 0.6 is 0 Å². The highest BCUT2D eigenvalue weighted by Crippen LogP contribution is 2.40. The van der Waals surface area contributed by atoms with Gasteiger partial charge in [-0.2, -0.15) is 18.3 Å². The Hall–Kier alpha value is -4.25. The molecule has 0 bridgehead atoms. The molecular weight excluding hydrogens is 638 g/mol. The van der Waals surface area contributed by atoms with E-state index < -0.39 is 47.4 Å². The molecule has 3 aromatic rings. The van der Waals surface area contributed by atoms with Crippen molar-refractivity contribution in [3.05, 3.63) is 41.1 Å². The molecule has 3 aromatic heterocycles. The molecule has 4 heterocycles. The number of fused-ring (bicyclic) bond motifs is 1. The van der Waals surface area contributed by atoms with Crippen molar-refractivity contribution in [2.24, 2.45) is 11.7 Å². The zero-order valence-corrected chi connectivity index (χ0v) is 25.2. The number of nitrogens with two attached hydrogens (primary N) is 1. The van der Waals surface area contributed by atoms with E-state index in [-0.39, 0.29) is 43.8 Å². The number of carbonyl (C=O) groups excluding carboxylic acids is 3. The van der Waals surface area contributed by atoms with Crippen LogP contribution in [-0.2, 0) is 22.6 Å². The van der Waals surface area contributed by atoms with Gasteiger partial charge in [-0.05, 0) is 68.2 Å². The number of hydrogen-bond donors (Lipinski definition) is 3. The van der Waals surface area contributed by atoms with Crippen LogP contribution in [0.25, 0.3) is 5.65 Å². The average Bonchev–Trinajstić information content (AvgIpc) is 3.84. The highest BCUT2D eigenvalue weighted by Gasteiger charge is 2.49. The Balaban J connectivity index is 0.000000236. The van der Waals surface area contributed by atoms with Gasteiger partial charge in [-0.15, -0.1) is 0 Å². The second-order valence-corrected chi connectivity index (χ2v) is 12.3. The minimum Gasteiger partial charge on any atom is -0.367 e. The van der Waals surface area contributed by atoms with E-state index >= 15 is 0 Å². The van der Waals surface area contributed by atoms with Crippen molar-refractivity contribution in [2.75, 3.05) is 0 Å². The lowest BCUT2D eigenvalue weighted by Crippen LogP contribution is -2.38. The van der Waals surface area contributed by atoms with E-state index in [0.717, 1.165) is 19.3 Å². The van der Waals surface area contributed by atoms with Gasteiger partial charge in [0.05, 0.1) is 24.6 Å². The van der Waals surface area contributed by atoms with E-state index in [1.807, 2.05) is 5.32 Å². The van der Waals surface area contributed by atoms with E-state index in [4.69, 9.17) is 0 Å². The summed E-state index contributed by atoms with van der Waals surface area (Å²) in [6.07, 6.45) is 3.70. The lowest BCUT2D eigenvalue weighted by atomic mass is 9.97. The Labute approximate surface area is 264 Å². The van der Waals surface area contributed by atoms with Crippen LogP contribution in [0.3, 0.4) is 0 Å². The van der Waals surface area contributed by atoms with Crippen LogP contribution in [0.2, 0.25) is 0 Å². The van der Waals surface area contributed by atoms with Crippen molar-refractivity contribution in [3.63, 3.8) is 0 Å². The standard InChI is InChI=1S/C19H18F3N7O3.C6H10F2.C4H6FNO/c20-19(21,22)13-5-11(17(30)26-13)3-9-4-14-25-12(8-29(14)24-6-9)7-23-18(31)16-15(10-1-2-10)27-32-28-16;7-6(8)4-2-1-3-5-6;5-4(1-2-4)3(6)7/h4,6,8,10-11,13H,1-3,5,7H2,(H,23,31)(H,26,30);1-5H2;1-2H2,(H2,6,7). The molecule has 1 saturated heterocycles. The van der Waals surface area contributed by atoms with Gasteiger partial charge >= 0.3 is 6.18 Å². The zero-order chi connectivity index (χ0) is 34.0. The second kappa shape index (κ2) is 13.5. The second-order valence-electron chi connectivity index (χ2n) is 12.3. The molecule has 256 valence electrons. The maximum absolute atomic E-state index is 12.9. The van der Waals surface area contributed by atoms with E-state index in [9.17, 15) is 40.7 Å². The molecule has 47 heavy (non-hydrogen) atoms. The largest absolute Gasteiger partial charge is 0.408 e. The quantitative estimate of drug-likeness (QED) is 0.315. The summed E-state index contributed by atoms with van der Waals surface area (Å²) in [6, 6.07) is -0.155. The summed E-state index contributed by atoms with van der Waals surface area (Å²) >= 11 is 0. The van der Waals surface area contributed by atoms with Crippen molar-refractivity contribution in [1.29, 1.82) is 0 Å². The Kier molecular flexibility index (Phi) is 9.77. The molecule has 4 fully saturated rings. The first-order valence-corrected chi connectivity index (χ1v) is 15.3. The van der Waals surface area contributed by atoms with Crippen LogP contribution in [0.15, 0.2) is 23.1 Å². The number of primary amides is 1. The first-order chi connectivity index (χ1) is 22.1. The molecule has 0 radical (unpaired) electrons. The molecule has 4 aliphatic rings. The molecule has 0 aromatic carbocycles. The fraction of sp³-hybridized carbons (Fsp3) is 0.621. The Bertz CT molecular complexity index is 1590. The van der Waals surface area contributed by atoms with Gasteiger partial charge in [-0.25, -0.2) is 27.3 Å². The highest BCUT2D eigenvalue weighted by atomic mass is 19.4. The van der Waals surface area contributed by atoms with Crippen LogP contribution in [0, 0.1) is 5.92 Å². The molecule has 18 heteroatoms. The number of amides is 3. The number of alkyl halides is 6. The number of nitrogens with zero attached hydrogens (tertiary/aromatic N) is 5. The van der Waals surface area contributed by atoms with E-state index in [1.54, 1.807) is 12.3 Å². The van der Waals surface area contributed by atoms with Crippen LogP contribution in [-0.4, -0.2) is 66.4 Å². The molecule has 1 aliphatic heterocycles. The zero-order valence-electron chi connectivity index (χ0n) is 25.2. The van der Waals surface area contributed by atoms with E-state index in [0.29, 0.717) is 48.3 Å². The minimum absolute atomic E-state index is 0.118. The molecule has 12 nitrogen and oxygen atoms in total. The van der Waals surface area contributed by atoms with Crippen molar-refractivity contribution in [1.82, 2.24) is 35.5 Å². The number of nitrogens with one attached hydrogen (secondary N) is 2. The summed E-state index contributed by atoms with van der Waals surface area (Å²) in [5.74, 6) is -4.73. The molecule has 7 rings (SSSR count). The number of hydrogen-bond acceptors (Lipinski definition) is 8. The third-order valence-electron chi connectivity index (χ3n) is 8.35. The summed E-state index contributed by atoms with van der Waals surface area (Å²) in [5, 5.41) is 16.4. The molecule has 3 saturated carbocycles. The fourth-order valence-electron chi connectivity index (χ4n) is 5.24. The minimum atomic E-state index is -4.46. The number of halogens is 6. The van der Waals surface area contributed by atoms with Crippen molar-refractivity contribution in [3.8, 4) is 0 Å². The predicted octanol–water partition coefficient (Wildman–Crippen LogP) is 4.09. The average molecular weight is 673 g/mol. The normalized spacial score (nSPS) is 22.7. The molecule has 3 amide bonds. The Morgan fingerprint density at radius 2 is 1.79 bits per heavy atom. The number of carbonyl (C=O) groups is 3. The van der Waals surface area contributed by atoms with Gasteiger partial charge < -0.3 is 16.4 Å². The SMILES string of the molecule is FC1(F)CCCCC1.NC(=O)C1(F)CC1.O=C(NCc1cn2ncc(CC3CC(C(F)(F)F)NC3=O)cc2n1)c1nonc1C1CC1. The van der Waals surface area contributed by atoms with Crippen LogP contribution < -0.4 is 16.4 Å². The lowest BCUT2D eigenvalue weighted by molar-refractivity contribution is -0.154. The summed E-state index contributed by atoms with van der Waals surface area (Å²) < 4.78 is 81.3. The highest BCUT2D eigenvalue weighted by molar-refractivity contribution is 5.93. The number of rotatable bonds is 7. The topological polar surface area (TPSA) is 170 Å². The fourth-order valence-corrected chi connectivity index (χ4v) is 5.24. The first-order valence-electron chi connectivity index (χ1n) is 15.3. The third-order valence-corrected chi connectivity index (χ3v) is 8.35. The summed E-state index contributed by atoms with van der Waals surface area (Å²) in [5.41, 5.74) is 5.33. The van der Waals surface area contributed by atoms with Gasteiger partial charge in [0.2, 0.25) is 11.8 Å². The molecular formula is C29H34F6N8O4. The van der Waals surface area contributed by atoms with Crippen LogP contribution in [0.1, 0.15) is 97.6 Å². The Morgan fingerprint density at radius 1 is 1.09 bits per heavy atom. The number of imidazole rings is 1. The van der Waals surface area contributed by atoms with E-state index in [1.165, 1.54) is 10.7 Å². The summed E-state index contributed by atoms with van der Waals surface area (Å²) in [7, 11) is 0. The predicted molar refractivity (Wildman–Crippen MR) is 151 cm³/mol. The van der Waals surface area contributed by atoms with Crippen molar-refractivity contribution < 1.29 is 45.4 Å². The van der Waals surface area contributed by atoms with Crippen molar-refractivity contribution in [2.45, 2.75) is 107 Å². The molecule has 3 aliphatic carbocycles. The molecule has 2 atom stereocenters. The lowest BCUT2D eigenvalue weighted by Gasteiger charge is -2.20. The number of aromatic nitrogens is 5. The van der Waals surface area contributed by atoms with Gasteiger partial charge in [0, 0.05) is 24.7 Å². The van der Waals surface area contributed by atoms with Crippen molar-refractivity contribution >= 4 is 23.4 Å². The van der Waals surface area contributed by atoms with Gasteiger partial charge in [0.15, 0.2) is 17.0 Å². The van der Waals surface area contributed by atoms with E-state index in [2.05, 4.69) is 36.1 Å². The summed E-state index contributed by atoms with van der Waals surface area (Å²) in [6.45, 7) is 0.118. The maximum Gasteiger partial charge on any atom is 0.408 e. The molecule has 4 N–H and O–H groups in total. The van der Waals surface area contributed by atoms with Crippen LogP contribution in [0.5, 0.6) is 0 Å². The first kappa shape index (κ1) is 34.1. The van der Waals surface area contributed by atoms with Gasteiger partial charge in [-0.3, -0.25) is 14.4 Å². The maximum atomic E-state index is 12.9. The monoisotopic (exact) mass is 672 g/mol. The third kappa shape index (κ3) is 8.97. The molecule has 0 spiro atoms. The summed E-state index contributed by atoms with van der Waals surface area (Å²) in [4.78, 5) is 38.6. The Morgan fingerprint density at radius 3 is 2.32 bits per heavy atom.